The van der Waals surface area contributed by atoms with Crippen LogP contribution in [0.25, 0.3) is 16.9 Å². The maximum absolute atomic E-state index is 12.5. The van der Waals surface area contributed by atoms with Crippen LogP contribution >= 0.6 is 11.6 Å². The largest absolute Gasteiger partial charge is 0.489 e. The number of rotatable bonds is 4. The second-order valence-corrected chi connectivity index (χ2v) is 9.56. The van der Waals surface area contributed by atoms with E-state index in [4.69, 9.17) is 21.1 Å². The molecule has 1 aliphatic heterocycles. The lowest BCUT2D eigenvalue weighted by atomic mass is 10.1. The highest BCUT2D eigenvalue weighted by Crippen LogP contribution is 2.33. The van der Waals surface area contributed by atoms with Gasteiger partial charge in [0.05, 0.1) is 17.3 Å². The molecule has 3 aromatic rings. The lowest BCUT2D eigenvalue weighted by molar-refractivity contribution is 0.0285. The van der Waals surface area contributed by atoms with E-state index in [2.05, 4.69) is 10.2 Å². The second kappa shape index (κ2) is 8.50. The molecule has 1 aromatic carbocycles. The molecule has 8 nitrogen and oxygen atoms in total. The molecule has 3 heterocycles. The molecule has 1 saturated heterocycles. The molecule has 1 fully saturated rings. The fourth-order valence-electron chi connectivity index (χ4n) is 3.78. The highest BCUT2D eigenvalue weighted by Gasteiger charge is 2.30. The van der Waals surface area contributed by atoms with E-state index in [9.17, 15) is 9.59 Å². The van der Waals surface area contributed by atoms with E-state index in [0.717, 1.165) is 17.5 Å². The number of carbonyl (C=O) groups is 1. The van der Waals surface area contributed by atoms with Gasteiger partial charge in [-0.25, -0.2) is 19.1 Å². The third-order valence-electron chi connectivity index (χ3n) is 5.34. The van der Waals surface area contributed by atoms with Gasteiger partial charge in [0, 0.05) is 30.6 Å². The Morgan fingerprint density at radius 1 is 1.28 bits per heavy atom. The van der Waals surface area contributed by atoms with Crippen molar-refractivity contribution in [3.8, 4) is 17.0 Å². The topological polar surface area (TPSA) is 88.9 Å². The van der Waals surface area contributed by atoms with E-state index in [1.165, 1.54) is 4.40 Å². The Bertz CT molecular complexity index is 1190. The van der Waals surface area contributed by atoms with Crippen LogP contribution < -0.4 is 10.4 Å². The minimum Gasteiger partial charge on any atom is -0.489 e. The number of likely N-dealkylation sites (tertiary alicyclic amines) is 1. The van der Waals surface area contributed by atoms with Crippen LogP contribution in [-0.4, -0.2) is 50.9 Å². The molecular formula is C23H27ClN4O4. The first-order chi connectivity index (χ1) is 15.1. The monoisotopic (exact) mass is 458 g/mol. The zero-order chi connectivity index (χ0) is 23.0. The molecule has 9 heteroatoms. The number of fused-ring (bicyclic) bond motifs is 1. The fourth-order valence-corrected chi connectivity index (χ4v) is 4.07. The van der Waals surface area contributed by atoms with Crippen molar-refractivity contribution in [2.45, 2.75) is 39.7 Å². The molecule has 0 spiro atoms. The number of aryl methyl sites for hydroxylation is 1. The van der Waals surface area contributed by atoms with Gasteiger partial charge in [-0.05, 0) is 34.1 Å². The number of aromatic amines is 1. The van der Waals surface area contributed by atoms with Gasteiger partial charge in [-0.3, -0.25) is 0 Å². The van der Waals surface area contributed by atoms with Crippen LogP contribution in [0.5, 0.6) is 5.75 Å². The van der Waals surface area contributed by atoms with Crippen LogP contribution in [-0.2, 0) is 4.74 Å². The highest BCUT2D eigenvalue weighted by molar-refractivity contribution is 6.33. The number of aromatic nitrogens is 3. The molecule has 1 amide bonds. The molecular weight excluding hydrogens is 432 g/mol. The Morgan fingerprint density at radius 2 is 2.00 bits per heavy atom. The van der Waals surface area contributed by atoms with E-state index >= 15 is 0 Å². The van der Waals surface area contributed by atoms with Gasteiger partial charge in [-0.15, -0.1) is 5.10 Å². The Labute approximate surface area is 191 Å². The van der Waals surface area contributed by atoms with Gasteiger partial charge < -0.3 is 14.4 Å². The third-order valence-corrected chi connectivity index (χ3v) is 5.63. The van der Waals surface area contributed by atoms with Crippen molar-refractivity contribution in [2.75, 3.05) is 19.7 Å². The zero-order valence-corrected chi connectivity index (χ0v) is 19.4. The number of nitrogens with one attached hydrogen (secondary N) is 1. The SMILES string of the molecule is Cc1ccc(-c2c(Cl)cc(OC[C@@H]3CCN(C(=O)OC(C)(C)C)C3)c3n[nH]c(=O)n23)cc1. The minimum atomic E-state index is -0.527. The molecule has 170 valence electrons. The summed E-state index contributed by atoms with van der Waals surface area (Å²) in [6.07, 6.45) is 0.490. The van der Waals surface area contributed by atoms with Crippen LogP contribution in [0, 0.1) is 12.8 Å². The summed E-state index contributed by atoms with van der Waals surface area (Å²) in [6.45, 7) is 9.08. The summed E-state index contributed by atoms with van der Waals surface area (Å²) in [5, 5.41) is 7.03. The number of halogens is 1. The van der Waals surface area contributed by atoms with E-state index in [1.807, 2.05) is 52.0 Å². The van der Waals surface area contributed by atoms with Gasteiger partial charge in [-0.1, -0.05) is 41.4 Å². The molecule has 32 heavy (non-hydrogen) atoms. The molecule has 0 aliphatic carbocycles. The first-order valence-electron chi connectivity index (χ1n) is 10.6. The summed E-state index contributed by atoms with van der Waals surface area (Å²) in [4.78, 5) is 26.5. The smallest absolute Gasteiger partial charge is 0.410 e. The molecule has 1 N–H and O–H groups in total. The maximum Gasteiger partial charge on any atom is 0.410 e. The number of ether oxygens (including phenoxy) is 2. The normalized spacial score (nSPS) is 16.5. The summed E-state index contributed by atoms with van der Waals surface area (Å²) in [6, 6.07) is 9.44. The highest BCUT2D eigenvalue weighted by atomic mass is 35.5. The van der Waals surface area contributed by atoms with Crippen molar-refractivity contribution in [1.29, 1.82) is 0 Å². The zero-order valence-electron chi connectivity index (χ0n) is 18.6. The van der Waals surface area contributed by atoms with Crippen molar-refractivity contribution < 1.29 is 14.3 Å². The van der Waals surface area contributed by atoms with Crippen LogP contribution in [0.2, 0.25) is 5.02 Å². The molecule has 0 saturated carbocycles. The summed E-state index contributed by atoms with van der Waals surface area (Å²) in [5.74, 6) is 0.559. The number of pyridine rings is 1. The quantitative estimate of drug-likeness (QED) is 0.630. The number of hydrogen-bond donors (Lipinski definition) is 1. The molecule has 0 unspecified atom stereocenters. The van der Waals surface area contributed by atoms with Crippen molar-refractivity contribution in [1.82, 2.24) is 19.5 Å². The summed E-state index contributed by atoms with van der Waals surface area (Å²) >= 11 is 6.58. The number of hydrogen-bond acceptors (Lipinski definition) is 5. The minimum absolute atomic E-state index is 0.142. The first kappa shape index (κ1) is 22.2. The number of H-pyrrole nitrogens is 1. The Hall–Kier alpha value is -3.00. The lowest BCUT2D eigenvalue weighted by Gasteiger charge is -2.24. The number of benzene rings is 1. The van der Waals surface area contributed by atoms with E-state index in [1.54, 1.807) is 11.0 Å². The van der Waals surface area contributed by atoms with Crippen LogP contribution in [0.3, 0.4) is 0 Å². The Kier molecular flexibility index (Phi) is 5.90. The van der Waals surface area contributed by atoms with Crippen molar-refractivity contribution in [3.63, 3.8) is 0 Å². The molecule has 2 aromatic heterocycles. The molecule has 1 aliphatic rings. The Balaban J connectivity index is 1.53. The standard InChI is InChI=1S/C23H27ClN4O4/c1-14-5-7-16(8-6-14)19-17(24)11-18(20-25-26-21(29)28(19)20)31-13-15-9-10-27(12-15)22(30)32-23(2,3)4/h5-8,11,15H,9-10,12-13H2,1-4H3,(H,26,29)/t15-/m1/s1. The summed E-state index contributed by atoms with van der Waals surface area (Å²) in [5.41, 5.74) is 1.93. The third kappa shape index (κ3) is 4.60. The fraction of sp³-hybridized carbons (Fsp3) is 0.435. The average molecular weight is 459 g/mol. The predicted molar refractivity (Wildman–Crippen MR) is 122 cm³/mol. The van der Waals surface area contributed by atoms with Gasteiger partial charge >= 0.3 is 11.8 Å². The number of carbonyl (C=O) groups excluding carboxylic acids is 1. The van der Waals surface area contributed by atoms with Crippen molar-refractivity contribution >= 4 is 23.3 Å². The van der Waals surface area contributed by atoms with Gasteiger partial charge in [-0.2, -0.15) is 0 Å². The van der Waals surface area contributed by atoms with E-state index in [0.29, 0.717) is 41.8 Å². The van der Waals surface area contributed by atoms with E-state index < -0.39 is 5.60 Å². The lowest BCUT2D eigenvalue weighted by Crippen LogP contribution is -2.35. The first-order valence-corrected chi connectivity index (χ1v) is 11.0. The van der Waals surface area contributed by atoms with Crippen LogP contribution in [0.1, 0.15) is 32.8 Å². The second-order valence-electron chi connectivity index (χ2n) is 9.15. The summed E-state index contributed by atoms with van der Waals surface area (Å²) < 4.78 is 12.9. The molecule has 0 radical (unpaired) electrons. The Morgan fingerprint density at radius 3 is 2.69 bits per heavy atom. The van der Waals surface area contributed by atoms with Gasteiger partial charge in [0.2, 0.25) is 5.65 Å². The number of amides is 1. The van der Waals surface area contributed by atoms with Crippen molar-refractivity contribution in [2.24, 2.45) is 5.92 Å². The molecule has 4 rings (SSSR count). The van der Waals surface area contributed by atoms with Gasteiger partial charge in [0.15, 0.2) is 5.75 Å². The van der Waals surface area contributed by atoms with Crippen molar-refractivity contribution in [3.05, 3.63) is 51.4 Å². The molecule has 0 bridgehead atoms. The van der Waals surface area contributed by atoms with Crippen LogP contribution in [0.4, 0.5) is 4.79 Å². The predicted octanol–water partition coefficient (Wildman–Crippen LogP) is 4.29. The van der Waals surface area contributed by atoms with Gasteiger partial charge in [0.1, 0.15) is 5.60 Å². The van der Waals surface area contributed by atoms with Crippen LogP contribution in [0.15, 0.2) is 35.1 Å². The molecule has 1 atom stereocenters. The average Bonchev–Trinajstić information content (AvgIpc) is 3.34. The van der Waals surface area contributed by atoms with Gasteiger partial charge in [0.25, 0.3) is 0 Å². The summed E-state index contributed by atoms with van der Waals surface area (Å²) in [7, 11) is 0. The number of nitrogens with zero attached hydrogens (tertiary/aromatic N) is 3. The van der Waals surface area contributed by atoms with E-state index in [-0.39, 0.29) is 17.7 Å². The maximum atomic E-state index is 12.5.